The summed E-state index contributed by atoms with van der Waals surface area (Å²) in [5.41, 5.74) is 2.79. The highest BCUT2D eigenvalue weighted by Gasteiger charge is 2.15. The summed E-state index contributed by atoms with van der Waals surface area (Å²) in [5.74, 6) is 0.667. The molecule has 1 unspecified atom stereocenters. The lowest BCUT2D eigenvalue weighted by Gasteiger charge is -2.16. The van der Waals surface area contributed by atoms with Gasteiger partial charge in [0.05, 0.1) is 13.7 Å². The largest absolute Gasteiger partial charge is 0.496 e. The summed E-state index contributed by atoms with van der Waals surface area (Å²) < 4.78 is 11.3. The van der Waals surface area contributed by atoms with Crippen LogP contribution in [0.1, 0.15) is 22.8 Å². The van der Waals surface area contributed by atoms with Crippen LogP contribution in [0.4, 0.5) is 0 Å². The van der Waals surface area contributed by atoms with Crippen molar-refractivity contribution in [3.8, 4) is 5.75 Å². The van der Waals surface area contributed by atoms with Gasteiger partial charge in [-0.1, -0.05) is 46.3 Å². The maximum Gasteiger partial charge on any atom is 0.126 e. The van der Waals surface area contributed by atoms with Crippen LogP contribution in [0, 0.1) is 0 Å². The Hall–Kier alpha value is -1.36. The number of aliphatic hydroxyl groups is 1. The van der Waals surface area contributed by atoms with Gasteiger partial charge in [-0.3, -0.25) is 0 Å². The Balaban J connectivity index is 2.21. The van der Waals surface area contributed by atoms with Gasteiger partial charge in [0.15, 0.2) is 0 Å². The zero-order valence-corrected chi connectivity index (χ0v) is 13.8. The molecule has 0 aliphatic heterocycles. The zero-order valence-electron chi connectivity index (χ0n) is 12.2. The molecule has 0 saturated heterocycles. The lowest BCUT2D eigenvalue weighted by molar-refractivity contribution is 0.202. The average Bonchev–Trinajstić information content (AvgIpc) is 2.52. The van der Waals surface area contributed by atoms with Crippen LogP contribution in [0.15, 0.2) is 46.9 Å². The van der Waals surface area contributed by atoms with E-state index in [-0.39, 0.29) is 0 Å². The second-order valence-electron chi connectivity index (χ2n) is 4.77. The Morgan fingerprint density at radius 3 is 2.43 bits per heavy atom. The van der Waals surface area contributed by atoms with Crippen molar-refractivity contribution in [2.24, 2.45) is 0 Å². The van der Waals surface area contributed by atoms with Crippen molar-refractivity contribution in [2.45, 2.75) is 12.5 Å². The van der Waals surface area contributed by atoms with Crippen LogP contribution in [-0.2, 0) is 11.2 Å². The Morgan fingerprint density at radius 2 is 1.81 bits per heavy atom. The van der Waals surface area contributed by atoms with Crippen LogP contribution in [0.5, 0.6) is 5.75 Å². The van der Waals surface area contributed by atoms with Gasteiger partial charge in [-0.25, -0.2) is 0 Å². The predicted octanol–water partition coefficient (Wildman–Crippen LogP) is 3.73. The first-order valence-corrected chi connectivity index (χ1v) is 7.54. The molecule has 0 aromatic heterocycles. The molecule has 0 spiro atoms. The molecule has 0 bridgehead atoms. The molecule has 0 aliphatic carbocycles. The van der Waals surface area contributed by atoms with E-state index in [2.05, 4.69) is 15.9 Å². The Morgan fingerprint density at radius 1 is 1.10 bits per heavy atom. The number of hydrogen-bond acceptors (Lipinski definition) is 3. The van der Waals surface area contributed by atoms with E-state index >= 15 is 0 Å². The second kappa shape index (κ2) is 7.59. The highest BCUT2D eigenvalue weighted by Crippen LogP contribution is 2.32. The third-order valence-electron chi connectivity index (χ3n) is 3.38. The van der Waals surface area contributed by atoms with Crippen LogP contribution in [0.3, 0.4) is 0 Å². The minimum Gasteiger partial charge on any atom is -0.496 e. The quantitative estimate of drug-likeness (QED) is 0.862. The second-order valence-corrected chi connectivity index (χ2v) is 5.69. The average molecular weight is 351 g/mol. The normalized spacial score (nSPS) is 12.2. The molecular formula is C17H19BrO3. The lowest BCUT2D eigenvalue weighted by atomic mass is 9.99. The van der Waals surface area contributed by atoms with Gasteiger partial charge in [-0.15, -0.1) is 0 Å². The lowest BCUT2D eigenvalue weighted by Crippen LogP contribution is -2.03. The van der Waals surface area contributed by atoms with Crippen molar-refractivity contribution in [3.05, 3.63) is 63.6 Å². The molecule has 112 valence electrons. The van der Waals surface area contributed by atoms with E-state index < -0.39 is 6.10 Å². The first kappa shape index (κ1) is 16.0. The molecule has 0 heterocycles. The standard InChI is InChI=1S/C17H19BrO3/c1-20-10-9-12-3-5-13(6-4-12)17(19)15-8-7-14(18)11-16(15)21-2/h3-8,11,17,19H,9-10H2,1-2H3. The number of aliphatic hydroxyl groups excluding tert-OH is 1. The fourth-order valence-electron chi connectivity index (χ4n) is 2.18. The summed E-state index contributed by atoms with van der Waals surface area (Å²) in [6.07, 6.45) is 0.165. The Kier molecular flexibility index (Phi) is 5.79. The molecule has 21 heavy (non-hydrogen) atoms. The van der Waals surface area contributed by atoms with Crippen LogP contribution in [0.2, 0.25) is 0 Å². The molecule has 4 heteroatoms. The number of methoxy groups -OCH3 is 2. The van der Waals surface area contributed by atoms with Crippen molar-refractivity contribution in [3.63, 3.8) is 0 Å². The smallest absolute Gasteiger partial charge is 0.126 e. The van der Waals surface area contributed by atoms with Crippen molar-refractivity contribution in [1.29, 1.82) is 0 Å². The fourth-order valence-corrected chi connectivity index (χ4v) is 2.52. The molecular weight excluding hydrogens is 332 g/mol. The molecule has 0 saturated carbocycles. The van der Waals surface area contributed by atoms with Gasteiger partial charge in [-0.2, -0.15) is 0 Å². The monoisotopic (exact) mass is 350 g/mol. The molecule has 1 N–H and O–H groups in total. The van der Waals surface area contributed by atoms with E-state index in [1.165, 1.54) is 5.56 Å². The number of benzene rings is 2. The van der Waals surface area contributed by atoms with Crippen molar-refractivity contribution in [2.75, 3.05) is 20.8 Å². The third kappa shape index (κ3) is 4.06. The summed E-state index contributed by atoms with van der Waals surface area (Å²) in [6, 6.07) is 13.5. The number of halogens is 1. The summed E-state index contributed by atoms with van der Waals surface area (Å²) in [4.78, 5) is 0. The van der Waals surface area contributed by atoms with Gasteiger partial charge in [0, 0.05) is 17.1 Å². The molecule has 0 fully saturated rings. The minimum absolute atomic E-state index is 0.667. The summed E-state index contributed by atoms with van der Waals surface area (Å²) in [5, 5.41) is 10.5. The maximum absolute atomic E-state index is 10.5. The van der Waals surface area contributed by atoms with Crippen LogP contribution < -0.4 is 4.74 Å². The molecule has 2 aromatic rings. The number of hydrogen-bond donors (Lipinski definition) is 1. The highest BCUT2D eigenvalue weighted by atomic mass is 79.9. The van der Waals surface area contributed by atoms with E-state index in [0.717, 1.165) is 22.0 Å². The molecule has 0 amide bonds. The SMILES string of the molecule is COCCc1ccc(C(O)c2ccc(Br)cc2OC)cc1. The molecule has 0 aliphatic rings. The molecule has 2 aromatic carbocycles. The van der Waals surface area contributed by atoms with E-state index in [4.69, 9.17) is 9.47 Å². The fraction of sp³-hybridized carbons (Fsp3) is 0.294. The van der Waals surface area contributed by atoms with Crippen LogP contribution in [-0.4, -0.2) is 25.9 Å². The van der Waals surface area contributed by atoms with Gasteiger partial charge in [0.1, 0.15) is 11.9 Å². The van der Waals surface area contributed by atoms with Crippen molar-refractivity contribution in [1.82, 2.24) is 0 Å². The zero-order chi connectivity index (χ0) is 15.2. The predicted molar refractivity (Wildman–Crippen MR) is 86.8 cm³/mol. The van der Waals surface area contributed by atoms with Gasteiger partial charge < -0.3 is 14.6 Å². The van der Waals surface area contributed by atoms with Crippen LogP contribution in [0.25, 0.3) is 0 Å². The first-order chi connectivity index (χ1) is 10.2. The van der Waals surface area contributed by atoms with Gasteiger partial charge in [0.25, 0.3) is 0 Å². The molecule has 1 atom stereocenters. The molecule has 3 nitrogen and oxygen atoms in total. The third-order valence-corrected chi connectivity index (χ3v) is 3.87. The van der Waals surface area contributed by atoms with E-state index in [1.807, 2.05) is 42.5 Å². The van der Waals surface area contributed by atoms with Crippen LogP contribution >= 0.6 is 15.9 Å². The van der Waals surface area contributed by atoms with Gasteiger partial charge in [-0.05, 0) is 29.7 Å². The summed E-state index contributed by atoms with van der Waals surface area (Å²) >= 11 is 3.40. The van der Waals surface area contributed by atoms with Crippen molar-refractivity contribution < 1.29 is 14.6 Å². The highest BCUT2D eigenvalue weighted by molar-refractivity contribution is 9.10. The van der Waals surface area contributed by atoms with E-state index in [0.29, 0.717) is 12.4 Å². The van der Waals surface area contributed by atoms with Crippen molar-refractivity contribution >= 4 is 15.9 Å². The molecule has 0 radical (unpaired) electrons. The minimum atomic E-state index is -0.704. The number of ether oxygens (including phenoxy) is 2. The van der Waals surface area contributed by atoms with Gasteiger partial charge >= 0.3 is 0 Å². The van der Waals surface area contributed by atoms with E-state index in [9.17, 15) is 5.11 Å². The topological polar surface area (TPSA) is 38.7 Å². The Bertz CT molecular complexity index is 581. The van der Waals surface area contributed by atoms with E-state index in [1.54, 1.807) is 14.2 Å². The van der Waals surface area contributed by atoms with Gasteiger partial charge in [0.2, 0.25) is 0 Å². The Labute approximate surface area is 133 Å². The maximum atomic E-state index is 10.5. The molecule has 2 rings (SSSR count). The summed E-state index contributed by atoms with van der Waals surface area (Å²) in [7, 11) is 3.30. The summed E-state index contributed by atoms with van der Waals surface area (Å²) in [6.45, 7) is 0.697. The first-order valence-electron chi connectivity index (χ1n) is 6.75. The number of rotatable bonds is 6.